The molecule has 184 valence electrons. The summed E-state index contributed by atoms with van der Waals surface area (Å²) in [6.07, 6.45) is 0.674. The van der Waals surface area contributed by atoms with E-state index in [-0.39, 0.29) is 18.2 Å². The fourth-order valence-corrected chi connectivity index (χ4v) is 4.02. The zero-order valence-electron chi connectivity index (χ0n) is 21.2. The van der Waals surface area contributed by atoms with Crippen LogP contribution in [0.5, 0.6) is 5.75 Å². The van der Waals surface area contributed by atoms with E-state index in [0.717, 1.165) is 28.0 Å². The van der Waals surface area contributed by atoms with Crippen molar-refractivity contribution in [2.75, 3.05) is 13.7 Å². The molecular formula is C30H36N2O3. The van der Waals surface area contributed by atoms with Crippen molar-refractivity contribution in [2.24, 2.45) is 5.92 Å². The zero-order chi connectivity index (χ0) is 25.2. The van der Waals surface area contributed by atoms with Crippen LogP contribution in [0.25, 0.3) is 0 Å². The third kappa shape index (κ3) is 7.71. The molecule has 0 aliphatic heterocycles. The highest BCUT2D eigenvalue weighted by molar-refractivity contribution is 5.89. The van der Waals surface area contributed by atoms with E-state index in [1.807, 2.05) is 85.8 Å². The van der Waals surface area contributed by atoms with Crippen LogP contribution in [0.2, 0.25) is 0 Å². The molecule has 0 radical (unpaired) electrons. The van der Waals surface area contributed by atoms with E-state index >= 15 is 0 Å². The number of methoxy groups -OCH3 is 1. The van der Waals surface area contributed by atoms with E-state index < -0.39 is 6.04 Å². The number of aryl methyl sites for hydroxylation is 1. The second-order valence-electron chi connectivity index (χ2n) is 9.32. The highest BCUT2D eigenvalue weighted by Crippen LogP contribution is 2.20. The maximum atomic E-state index is 13.8. The molecule has 0 bridgehead atoms. The van der Waals surface area contributed by atoms with Crippen molar-refractivity contribution in [1.82, 2.24) is 10.2 Å². The molecule has 5 heteroatoms. The first-order valence-electron chi connectivity index (χ1n) is 12.2. The van der Waals surface area contributed by atoms with Crippen molar-refractivity contribution in [3.63, 3.8) is 0 Å². The second kappa shape index (κ2) is 12.7. The molecule has 0 spiro atoms. The maximum Gasteiger partial charge on any atom is 0.243 e. The smallest absolute Gasteiger partial charge is 0.243 e. The van der Waals surface area contributed by atoms with Crippen LogP contribution >= 0.6 is 0 Å². The van der Waals surface area contributed by atoms with Gasteiger partial charge in [-0.3, -0.25) is 9.59 Å². The summed E-state index contributed by atoms with van der Waals surface area (Å²) in [6, 6.07) is 24.8. The molecule has 2 amide bonds. The van der Waals surface area contributed by atoms with Crippen LogP contribution in [-0.2, 0) is 29.0 Å². The Bertz CT molecular complexity index is 1110. The summed E-state index contributed by atoms with van der Waals surface area (Å²) in [7, 11) is 1.62. The lowest BCUT2D eigenvalue weighted by Gasteiger charge is -2.32. The minimum absolute atomic E-state index is 0.0808. The number of hydrogen-bond donors (Lipinski definition) is 1. The molecule has 3 rings (SSSR count). The van der Waals surface area contributed by atoms with Gasteiger partial charge in [0, 0.05) is 19.5 Å². The molecule has 35 heavy (non-hydrogen) atoms. The van der Waals surface area contributed by atoms with Gasteiger partial charge in [0.25, 0.3) is 0 Å². The molecule has 1 N–H and O–H groups in total. The number of rotatable bonds is 11. The van der Waals surface area contributed by atoms with Gasteiger partial charge in [-0.2, -0.15) is 0 Å². The Morgan fingerprint density at radius 3 is 2.29 bits per heavy atom. The van der Waals surface area contributed by atoms with Crippen molar-refractivity contribution in [3.05, 3.63) is 101 Å². The Morgan fingerprint density at radius 1 is 0.914 bits per heavy atom. The number of benzene rings is 3. The van der Waals surface area contributed by atoms with E-state index in [2.05, 4.69) is 19.2 Å². The molecule has 0 aliphatic carbocycles. The first kappa shape index (κ1) is 26.0. The Balaban J connectivity index is 1.98. The summed E-state index contributed by atoms with van der Waals surface area (Å²) in [5, 5.41) is 3.06. The standard InChI is InChI=1S/C30H36N2O3/c1-22(2)20-31-30(34)28(18-24-12-6-5-7-13-24)32(21-25-14-10-16-27(17-25)35-4)29(33)19-26-15-9-8-11-23(26)3/h5-17,22,28H,18-21H2,1-4H3,(H,31,34)/t28-/m0/s1. The molecule has 0 fully saturated rings. The maximum absolute atomic E-state index is 13.8. The lowest BCUT2D eigenvalue weighted by Crippen LogP contribution is -2.51. The predicted octanol–water partition coefficient (Wildman–Crippen LogP) is 4.96. The first-order valence-corrected chi connectivity index (χ1v) is 12.2. The predicted molar refractivity (Wildman–Crippen MR) is 140 cm³/mol. The van der Waals surface area contributed by atoms with Gasteiger partial charge in [0.2, 0.25) is 11.8 Å². The van der Waals surface area contributed by atoms with Gasteiger partial charge in [-0.25, -0.2) is 0 Å². The van der Waals surface area contributed by atoms with E-state index in [9.17, 15) is 9.59 Å². The molecule has 1 atom stereocenters. The number of hydrogen-bond acceptors (Lipinski definition) is 3. The van der Waals surface area contributed by atoms with Crippen LogP contribution in [0, 0.1) is 12.8 Å². The third-order valence-corrected chi connectivity index (χ3v) is 6.05. The third-order valence-electron chi connectivity index (χ3n) is 6.05. The zero-order valence-corrected chi connectivity index (χ0v) is 21.2. The molecule has 0 aliphatic rings. The van der Waals surface area contributed by atoms with Crippen LogP contribution in [-0.4, -0.2) is 36.4 Å². The Hall–Kier alpha value is -3.60. The molecule has 0 unspecified atom stereocenters. The van der Waals surface area contributed by atoms with Crippen LogP contribution in [0.3, 0.4) is 0 Å². The van der Waals surface area contributed by atoms with Crippen molar-refractivity contribution in [2.45, 2.75) is 46.2 Å². The minimum atomic E-state index is -0.640. The molecule has 0 aromatic heterocycles. The summed E-state index contributed by atoms with van der Waals surface area (Å²) in [5.41, 5.74) is 3.95. The molecule has 0 heterocycles. The van der Waals surface area contributed by atoms with Crippen molar-refractivity contribution in [1.29, 1.82) is 0 Å². The van der Waals surface area contributed by atoms with Gasteiger partial charge in [-0.05, 0) is 47.2 Å². The van der Waals surface area contributed by atoms with Crippen LogP contribution in [0.1, 0.15) is 36.1 Å². The number of carbonyl (C=O) groups is 2. The van der Waals surface area contributed by atoms with Gasteiger partial charge < -0.3 is 15.0 Å². The number of nitrogens with one attached hydrogen (secondary N) is 1. The average molecular weight is 473 g/mol. The van der Waals surface area contributed by atoms with E-state index in [1.165, 1.54) is 0 Å². The highest BCUT2D eigenvalue weighted by Gasteiger charge is 2.30. The topological polar surface area (TPSA) is 58.6 Å². The van der Waals surface area contributed by atoms with Crippen LogP contribution in [0.4, 0.5) is 0 Å². The highest BCUT2D eigenvalue weighted by atomic mass is 16.5. The second-order valence-corrected chi connectivity index (χ2v) is 9.32. The Morgan fingerprint density at radius 2 is 1.60 bits per heavy atom. The molecule has 5 nitrogen and oxygen atoms in total. The van der Waals surface area contributed by atoms with E-state index in [1.54, 1.807) is 12.0 Å². The number of amides is 2. The van der Waals surface area contributed by atoms with E-state index in [4.69, 9.17) is 4.74 Å². The first-order chi connectivity index (χ1) is 16.9. The van der Waals surface area contributed by atoms with Crippen LogP contribution in [0.15, 0.2) is 78.9 Å². The summed E-state index contributed by atoms with van der Waals surface area (Å²) in [6.45, 7) is 7.00. The van der Waals surface area contributed by atoms with E-state index in [0.29, 0.717) is 25.4 Å². The molecule has 0 saturated heterocycles. The van der Waals surface area contributed by atoms with Crippen molar-refractivity contribution >= 4 is 11.8 Å². The lowest BCUT2D eigenvalue weighted by atomic mass is 10.00. The van der Waals surface area contributed by atoms with Gasteiger partial charge in [0.15, 0.2) is 0 Å². The summed E-state index contributed by atoms with van der Waals surface area (Å²) in [4.78, 5) is 29.0. The monoisotopic (exact) mass is 472 g/mol. The van der Waals surface area contributed by atoms with Gasteiger partial charge in [-0.1, -0.05) is 80.6 Å². The summed E-state index contributed by atoms with van der Waals surface area (Å²) < 4.78 is 5.39. The Kier molecular flexibility index (Phi) is 9.47. The molecule has 0 saturated carbocycles. The Labute approximate surface area is 209 Å². The lowest BCUT2D eigenvalue weighted by molar-refractivity contribution is -0.140. The average Bonchev–Trinajstić information content (AvgIpc) is 2.86. The molecule has 3 aromatic carbocycles. The minimum Gasteiger partial charge on any atom is -0.497 e. The van der Waals surface area contributed by atoms with Crippen molar-refractivity contribution < 1.29 is 14.3 Å². The largest absolute Gasteiger partial charge is 0.497 e. The number of ether oxygens (including phenoxy) is 1. The van der Waals surface area contributed by atoms with Crippen LogP contribution < -0.4 is 10.1 Å². The van der Waals surface area contributed by atoms with Gasteiger partial charge in [-0.15, -0.1) is 0 Å². The number of nitrogens with zero attached hydrogens (tertiary/aromatic N) is 1. The summed E-state index contributed by atoms with van der Waals surface area (Å²) in [5.74, 6) is 0.815. The van der Waals surface area contributed by atoms with Crippen molar-refractivity contribution in [3.8, 4) is 5.75 Å². The van der Waals surface area contributed by atoms with Gasteiger partial charge >= 0.3 is 0 Å². The number of carbonyl (C=O) groups excluding carboxylic acids is 2. The van der Waals surface area contributed by atoms with Gasteiger partial charge in [0.05, 0.1) is 13.5 Å². The quantitative estimate of drug-likeness (QED) is 0.429. The SMILES string of the molecule is COc1cccc(CN(C(=O)Cc2ccccc2C)[C@@H](Cc2ccccc2)C(=O)NCC(C)C)c1. The van der Waals surface area contributed by atoms with Gasteiger partial charge in [0.1, 0.15) is 11.8 Å². The fourth-order valence-electron chi connectivity index (χ4n) is 4.02. The fraction of sp³-hybridized carbons (Fsp3) is 0.333. The normalized spacial score (nSPS) is 11.7. The molecular weight excluding hydrogens is 436 g/mol. The molecule has 3 aromatic rings. The summed E-state index contributed by atoms with van der Waals surface area (Å²) >= 11 is 0.